The number of nitrogens with two attached hydrogens (primary N) is 3. The summed E-state index contributed by atoms with van der Waals surface area (Å²) in [6.45, 7) is 0.604. The summed E-state index contributed by atoms with van der Waals surface area (Å²) in [5.41, 5.74) is 16.4. The zero-order valence-corrected chi connectivity index (χ0v) is 11.7. The lowest BCUT2D eigenvalue weighted by molar-refractivity contribution is -0.139. The van der Waals surface area contributed by atoms with E-state index in [9.17, 15) is 9.59 Å². The molecular weight excluding hydrogens is 278 g/mol. The monoisotopic (exact) mass is 301 g/mol. The topological polar surface area (TPSA) is 181 Å². The number of imidazole rings is 1. The molecule has 0 unspecified atom stereocenters. The molecule has 0 radical (unpaired) electrons. The van der Waals surface area contributed by atoms with E-state index in [-0.39, 0.29) is 6.42 Å². The molecule has 1 heterocycles. The molecule has 0 bridgehead atoms. The van der Waals surface area contributed by atoms with Crippen molar-refractivity contribution in [3.63, 3.8) is 0 Å². The molecule has 0 aliphatic rings. The highest BCUT2D eigenvalue weighted by atomic mass is 16.4. The number of aromatic nitrogens is 2. The van der Waals surface area contributed by atoms with Gasteiger partial charge in [-0.1, -0.05) is 6.42 Å². The van der Waals surface area contributed by atoms with Gasteiger partial charge in [-0.25, -0.2) is 4.98 Å². The lowest BCUT2D eigenvalue weighted by Gasteiger charge is -2.03. The summed E-state index contributed by atoms with van der Waals surface area (Å²) in [7, 11) is 0. The number of carboxylic acids is 2. The maximum absolute atomic E-state index is 10.3. The fraction of sp³-hybridized carbons (Fsp3) is 0.583. The van der Waals surface area contributed by atoms with Gasteiger partial charge in [0.2, 0.25) is 0 Å². The Bertz CT molecular complexity index is 410. The quantitative estimate of drug-likeness (QED) is 0.327. The fourth-order valence-corrected chi connectivity index (χ4v) is 1.35. The first kappa shape index (κ1) is 19.0. The molecule has 1 aromatic rings. The molecule has 9 heteroatoms. The summed E-state index contributed by atoms with van der Waals surface area (Å²) in [5, 5.41) is 16.7. The maximum atomic E-state index is 10.3. The minimum atomic E-state index is -1.00. The number of hydrogen-bond acceptors (Lipinski definition) is 6. The molecule has 21 heavy (non-hydrogen) atoms. The number of unbranched alkanes of at least 4 members (excludes halogenated alkanes) is 1. The highest BCUT2D eigenvalue weighted by molar-refractivity contribution is 5.73. The van der Waals surface area contributed by atoms with Crippen LogP contribution in [-0.4, -0.2) is 50.7 Å². The summed E-state index contributed by atoms with van der Waals surface area (Å²) in [4.78, 5) is 26.9. The van der Waals surface area contributed by atoms with Gasteiger partial charge in [0.1, 0.15) is 12.1 Å². The van der Waals surface area contributed by atoms with Crippen LogP contribution >= 0.6 is 0 Å². The predicted molar refractivity (Wildman–Crippen MR) is 76.4 cm³/mol. The molecule has 0 aliphatic carbocycles. The van der Waals surface area contributed by atoms with E-state index in [4.69, 9.17) is 27.4 Å². The Morgan fingerprint density at radius 2 is 1.81 bits per heavy atom. The zero-order valence-electron chi connectivity index (χ0n) is 11.7. The molecule has 0 aliphatic heterocycles. The van der Waals surface area contributed by atoms with Crippen molar-refractivity contribution in [3.8, 4) is 0 Å². The van der Waals surface area contributed by atoms with Crippen LogP contribution in [0.4, 0.5) is 0 Å². The van der Waals surface area contributed by atoms with E-state index in [1.54, 1.807) is 6.20 Å². The van der Waals surface area contributed by atoms with Crippen LogP contribution in [0.25, 0.3) is 0 Å². The second-order valence-corrected chi connectivity index (χ2v) is 4.45. The molecule has 0 amide bonds. The van der Waals surface area contributed by atoms with Crippen molar-refractivity contribution in [2.45, 2.75) is 37.8 Å². The molecule has 0 saturated carbocycles. The molecule has 0 fully saturated rings. The number of carboxylic acid groups (broad SMARTS) is 2. The molecule has 0 aromatic carbocycles. The number of rotatable bonds is 8. The van der Waals surface area contributed by atoms with Crippen molar-refractivity contribution in [2.75, 3.05) is 6.54 Å². The van der Waals surface area contributed by atoms with Crippen molar-refractivity contribution in [3.05, 3.63) is 18.2 Å². The van der Waals surface area contributed by atoms with Gasteiger partial charge in [-0.15, -0.1) is 0 Å². The van der Waals surface area contributed by atoms with Crippen molar-refractivity contribution in [2.24, 2.45) is 17.2 Å². The maximum Gasteiger partial charge on any atom is 0.320 e. The first-order valence-corrected chi connectivity index (χ1v) is 6.52. The van der Waals surface area contributed by atoms with E-state index in [0.29, 0.717) is 13.0 Å². The normalized spacial score (nSPS) is 12.9. The van der Waals surface area contributed by atoms with E-state index in [1.165, 1.54) is 6.33 Å². The van der Waals surface area contributed by atoms with Crippen molar-refractivity contribution < 1.29 is 19.8 Å². The minimum absolute atomic E-state index is 0.287. The number of aliphatic carboxylic acids is 2. The van der Waals surface area contributed by atoms with Crippen LogP contribution in [0, 0.1) is 0 Å². The number of hydrogen-bond donors (Lipinski definition) is 6. The van der Waals surface area contributed by atoms with Gasteiger partial charge >= 0.3 is 11.9 Å². The lowest BCUT2D eigenvalue weighted by Crippen LogP contribution is -2.32. The van der Waals surface area contributed by atoms with Gasteiger partial charge < -0.3 is 32.4 Å². The molecule has 1 rings (SSSR count). The van der Waals surface area contributed by atoms with Gasteiger partial charge in [0.25, 0.3) is 0 Å². The Morgan fingerprint density at radius 3 is 2.24 bits per heavy atom. The molecule has 0 spiro atoms. The lowest BCUT2D eigenvalue weighted by atomic mass is 10.1. The Labute approximate surface area is 122 Å². The first-order chi connectivity index (χ1) is 9.88. The number of H-pyrrole nitrogens is 1. The average molecular weight is 301 g/mol. The number of nitrogens with zero attached hydrogens (tertiary/aromatic N) is 1. The minimum Gasteiger partial charge on any atom is -0.480 e. The van der Waals surface area contributed by atoms with E-state index in [1.807, 2.05) is 0 Å². The van der Waals surface area contributed by atoms with Gasteiger partial charge in [-0.05, 0) is 19.4 Å². The van der Waals surface area contributed by atoms with Gasteiger partial charge in [0, 0.05) is 18.3 Å². The van der Waals surface area contributed by atoms with Crippen LogP contribution in [0.1, 0.15) is 25.0 Å². The first-order valence-electron chi connectivity index (χ1n) is 6.52. The van der Waals surface area contributed by atoms with Gasteiger partial charge in [0.15, 0.2) is 0 Å². The third kappa shape index (κ3) is 9.55. The highest BCUT2D eigenvalue weighted by Crippen LogP contribution is 1.97. The third-order valence-corrected chi connectivity index (χ3v) is 2.60. The van der Waals surface area contributed by atoms with Crippen LogP contribution in [-0.2, 0) is 16.0 Å². The van der Waals surface area contributed by atoms with Crippen molar-refractivity contribution in [1.82, 2.24) is 9.97 Å². The summed E-state index contributed by atoms with van der Waals surface area (Å²) in [5.74, 6) is -1.93. The predicted octanol–water partition coefficient (Wildman–Crippen LogP) is -1.11. The van der Waals surface area contributed by atoms with Crippen LogP contribution in [0.2, 0.25) is 0 Å². The molecular formula is C12H23N5O4. The summed E-state index contributed by atoms with van der Waals surface area (Å²) >= 11 is 0. The Morgan fingerprint density at radius 1 is 1.19 bits per heavy atom. The van der Waals surface area contributed by atoms with Crippen LogP contribution < -0.4 is 17.2 Å². The summed E-state index contributed by atoms with van der Waals surface area (Å²) in [6, 6.07) is -1.57. The van der Waals surface area contributed by atoms with E-state index >= 15 is 0 Å². The Kier molecular flexibility index (Phi) is 9.76. The van der Waals surface area contributed by atoms with E-state index in [2.05, 4.69) is 9.97 Å². The third-order valence-electron chi connectivity index (χ3n) is 2.60. The Hall–Kier alpha value is -1.97. The molecule has 1 aromatic heterocycles. The second kappa shape index (κ2) is 10.8. The van der Waals surface area contributed by atoms with Crippen molar-refractivity contribution >= 4 is 11.9 Å². The standard InChI is InChI=1S/C6H9N3O2.C6H14N2O2/c7-5(6(10)11)1-4-2-8-3-9-4;7-4-2-1-3-5(8)6(9)10/h2-3,5H,1,7H2,(H,8,9)(H,10,11);5H,1-4,7-8H2,(H,9,10)/t2*5-/m11/s1. The molecule has 2 atom stereocenters. The second-order valence-electron chi connectivity index (χ2n) is 4.45. The summed E-state index contributed by atoms with van der Waals surface area (Å²) in [6.07, 6.45) is 5.50. The zero-order chi connectivity index (χ0) is 16.3. The Balaban J connectivity index is 0.000000384. The number of aromatic amines is 1. The number of carbonyl (C=O) groups is 2. The smallest absolute Gasteiger partial charge is 0.320 e. The van der Waals surface area contributed by atoms with Gasteiger partial charge in [-0.2, -0.15) is 0 Å². The average Bonchev–Trinajstić information content (AvgIpc) is 2.92. The molecule has 9 N–H and O–H groups in total. The van der Waals surface area contributed by atoms with Crippen LogP contribution in [0.5, 0.6) is 0 Å². The van der Waals surface area contributed by atoms with Gasteiger partial charge in [-0.3, -0.25) is 9.59 Å². The molecule has 9 nitrogen and oxygen atoms in total. The number of nitrogens with one attached hydrogen (secondary N) is 1. The fourth-order valence-electron chi connectivity index (χ4n) is 1.35. The largest absolute Gasteiger partial charge is 0.480 e. The van der Waals surface area contributed by atoms with Crippen molar-refractivity contribution in [1.29, 1.82) is 0 Å². The van der Waals surface area contributed by atoms with E-state index in [0.717, 1.165) is 18.5 Å². The molecule has 0 saturated heterocycles. The SMILES string of the molecule is NCCCC[C@@H](N)C(=O)O.N[C@H](Cc1cnc[nH]1)C(=O)O. The molecule has 120 valence electrons. The summed E-state index contributed by atoms with van der Waals surface area (Å²) < 4.78 is 0. The van der Waals surface area contributed by atoms with Crippen LogP contribution in [0.3, 0.4) is 0 Å². The highest BCUT2D eigenvalue weighted by Gasteiger charge is 2.12. The van der Waals surface area contributed by atoms with Crippen LogP contribution in [0.15, 0.2) is 12.5 Å². The van der Waals surface area contributed by atoms with Gasteiger partial charge in [0.05, 0.1) is 6.33 Å². The van der Waals surface area contributed by atoms with E-state index < -0.39 is 24.0 Å².